The summed E-state index contributed by atoms with van der Waals surface area (Å²) in [7, 11) is 0. The first-order valence-corrected chi connectivity index (χ1v) is 7.20. The lowest BCUT2D eigenvalue weighted by molar-refractivity contribution is 0.155. The van der Waals surface area contributed by atoms with Crippen molar-refractivity contribution in [2.24, 2.45) is 10.8 Å². The van der Waals surface area contributed by atoms with Crippen molar-refractivity contribution in [2.45, 2.75) is 51.5 Å². The van der Waals surface area contributed by atoms with Crippen LogP contribution in [0.3, 0.4) is 0 Å². The topological polar surface area (TPSA) is 58.7 Å². The number of urea groups is 1. The second kappa shape index (κ2) is 5.65. The Morgan fingerprint density at radius 2 is 2.00 bits per heavy atom. The molecular formula is C16H23N3O. The fraction of sp³-hybridized carbons (Fsp3) is 0.500. The normalized spacial score (nSPS) is 20.9. The van der Waals surface area contributed by atoms with Gasteiger partial charge in [-0.15, -0.1) is 0 Å². The number of carbonyl (C=O) groups is 1. The molecule has 20 heavy (non-hydrogen) atoms. The molecule has 4 heteroatoms. The predicted octanol–water partition coefficient (Wildman–Crippen LogP) is 3.49. The van der Waals surface area contributed by atoms with Crippen LogP contribution in [0, 0.1) is 0 Å². The highest BCUT2D eigenvalue weighted by atomic mass is 16.2. The lowest BCUT2D eigenvalue weighted by Crippen LogP contribution is -2.47. The third kappa shape index (κ3) is 2.55. The Balaban J connectivity index is 2.40. The van der Waals surface area contributed by atoms with E-state index in [1.54, 1.807) is 0 Å². The van der Waals surface area contributed by atoms with Crippen molar-refractivity contribution in [1.29, 1.82) is 0 Å². The number of amides is 2. The van der Waals surface area contributed by atoms with Gasteiger partial charge < -0.3 is 5.73 Å². The van der Waals surface area contributed by atoms with Gasteiger partial charge in [0.1, 0.15) is 0 Å². The van der Waals surface area contributed by atoms with Crippen molar-refractivity contribution >= 4 is 11.7 Å². The van der Waals surface area contributed by atoms with E-state index in [0.29, 0.717) is 0 Å². The lowest BCUT2D eigenvalue weighted by Gasteiger charge is -2.33. The minimum atomic E-state index is -0.484. The molecule has 1 heterocycles. The average Bonchev–Trinajstić information content (AvgIpc) is 2.68. The first-order chi connectivity index (χ1) is 9.48. The summed E-state index contributed by atoms with van der Waals surface area (Å²) < 4.78 is 0. The zero-order valence-electron chi connectivity index (χ0n) is 12.5. The zero-order chi connectivity index (χ0) is 14.8. The Morgan fingerprint density at radius 3 is 2.55 bits per heavy atom. The summed E-state index contributed by atoms with van der Waals surface area (Å²) in [5.41, 5.74) is 7.31. The Labute approximate surface area is 120 Å². The van der Waals surface area contributed by atoms with Crippen molar-refractivity contribution in [3.05, 3.63) is 35.9 Å². The van der Waals surface area contributed by atoms with Gasteiger partial charge in [-0.25, -0.2) is 9.80 Å². The van der Waals surface area contributed by atoms with Gasteiger partial charge in [-0.05, 0) is 32.3 Å². The molecule has 2 amide bonds. The van der Waals surface area contributed by atoms with E-state index in [1.807, 2.05) is 32.0 Å². The van der Waals surface area contributed by atoms with Crippen LogP contribution in [-0.4, -0.2) is 22.3 Å². The zero-order valence-corrected chi connectivity index (χ0v) is 12.5. The van der Waals surface area contributed by atoms with Crippen LogP contribution in [0.15, 0.2) is 35.4 Å². The highest BCUT2D eigenvalue weighted by Crippen LogP contribution is 2.41. The highest BCUT2D eigenvalue weighted by Gasteiger charge is 2.46. The monoisotopic (exact) mass is 273 g/mol. The number of unbranched alkanes of at least 4 members (excludes halogenated alkanes) is 1. The third-order valence-electron chi connectivity index (χ3n) is 3.94. The summed E-state index contributed by atoms with van der Waals surface area (Å²) in [6.07, 6.45) is 3.09. The fourth-order valence-corrected chi connectivity index (χ4v) is 2.98. The molecule has 0 saturated heterocycles. The van der Waals surface area contributed by atoms with Gasteiger partial charge in [-0.2, -0.15) is 5.10 Å². The summed E-state index contributed by atoms with van der Waals surface area (Å²) in [5.74, 6) is 0.114. The van der Waals surface area contributed by atoms with Gasteiger partial charge in [0.15, 0.2) is 0 Å². The molecule has 0 aliphatic carbocycles. The molecule has 0 bridgehead atoms. The smallest absolute Gasteiger partial charge is 0.335 e. The molecule has 1 aliphatic rings. The SMILES string of the molecule is CCCCC1=NN(C(N)=O)C(C)(C)C1c1ccccc1. The summed E-state index contributed by atoms with van der Waals surface area (Å²) in [6, 6.07) is 9.75. The predicted molar refractivity (Wildman–Crippen MR) is 81.6 cm³/mol. The minimum Gasteiger partial charge on any atom is -0.350 e. The number of nitrogens with two attached hydrogens (primary N) is 1. The van der Waals surface area contributed by atoms with Gasteiger partial charge in [-0.1, -0.05) is 43.7 Å². The molecule has 4 nitrogen and oxygen atoms in total. The second-order valence-corrected chi connectivity index (χ2v) is 5.84. The van der Waals surface area contributed by atoms with Crippen molar-refractivity contribution in [1.82, 2.24) is 5.01 Å². The Hall–Kier alpha value is -1.84. The fourth-order valence-electron chi connectivity index (χ4n) is 2.98. The second-order valence-electron chi connectivity index (χ2n) is 5.84. The molecule has 1 aromatic carbocycles. The van der Waals surface area contributed by atoms with Crippen LogP contribution in [0.25, 0.3) is 0 Å². The Kier molecular flexibility index (Phi) is 4.12. The van der Waals surface area contributed by atoms with Crippen molar-refractivity contribution < 1.29 is 4.79 Å². The van der Waals surface area contributed by atoms with Crippen LogP contribution in [-0.2, 0) is 0 Å². The number of nitrogens with zero attached hydrogens (tertiary/aromatic N) is 2. The van der Waals surface area contributed by atoms with Gasteiger partial charge in [0, 0.05) is 11.6 Å². The molecule has 1 atom stereocenters. The van der Waals surface area contributed by atoms with Crippen LogP contribution >= 0.6 is 0 Å². The number of carbonyl (C=O) groups excluding carboxylic acids is 1. The molecule has 1 unspecified atom stereocenters. The molecule has 0 spiro atoms. The first-order valence-electron chi connectivity index (χ1n) is 7.20. The molecule has 0 saturated carbocycles. The summed E-state index contributed by atoms with van der Waals surface area (Å²) in [5, 5.41) is 5.95. The maximum absolute atomic E-state index is 11.7. The van der Waals surface area contributed by atoms with E-state index in [9.17, 15) is 4.79 Å². The Bertz CT molecular complexity index is 508. The van der Waals surface area contributed by atoms with Crippen molar-refractivity contribution in [2.75, 3.05) is 0 Å². The number of hydrogen-bond donors (Lipinski definition) is 1. The van der Waals surface area contributed by atoms with Crippen LogP contribution in [0.1, 0.15) is 51.5 Å². The van der Waals surface area contributed by atoms with E-state index < -0.39 is 11.6 Å². The average molecular weight is 273 g/mol. The maximum atomic E-state index is 11.7. The van der Waals surface area contributed by atoms with Crippen LogP contribution in [0.4, 0.5) is 4.79 Å². The van der Waals surface area contributed by atoms with Gasteiger partial charge in [0.05, 0.1) is 5.54 Å². The van der Waals surface area contributed by atoms with E-state index in [2.05, 4.69) is 24.2 Å². The summed E-state index contributed by atoms with van der Waals surface area (Å²) in [6.45, 7) is 6.21. The largest absolute Gasteiger partial charge is 0.350 e. The van der Waals surface area contributed by atoms with E-state index in [4.69, 9.17) is 5.73 Å². The molecule has 0 radical (unpaired) electrons. The van der Waals surface area contributed by atoms with Gasteiger partial charge >= 0.3 is 6.03 Å². The maximum Gasteiger partial charge on any atom is 0.335 e. The van der Waals surface area contributed by atoms with E-state index in [1.165, 1.54) is 10.6 Å². The molecular weight excluding hydrogens is 250 g/mol. The minimum absolute atomic E-state index is 0.114. The van der Waals surface area contributed by atoms with Gasteiger partial charge in [0.25, 0.3) is 0 Å². The summed E-state index contributed by atoms with van der Waals surface area (Å²) >= 11 is 0. The van der Waals surface area contributed by atoms with Crippen molar-refractivity contribution in [3.63, 3.8) is 0 Å². The van der Waals surface area contributed by atoms with E-state index >= 15 is 0 Å². The standard InChI is InChI=1S/C16H23N3O/c1-4-5-11-13-14(12-9-7-6-8-10-12)16(2,3)19(18-13)15(17)20/h6-10,14H,4-5,11H2,1-3H3,(H2,17,20). The molecule has 1 aliphatic heterocycles. The molecule has 2 N–H and O–H groups in total. The highest BCUT2D eigenvalue weighted by molar-refractivity contribution is 5.96. The number of primary amides is 1. The van der Waals surface area contributed by atoms with Crippen LogP contribution < -0.4 is 5.73 Å². The molecule has 2 rings (SSSR count). The lowest BCUT2D eigenvalue weighted by atomic mass is 9.78. The number of rotatable bonds is 4. The number of benzene rings is 1. The van der Waals surface area contributed by atoms with Crippen LogP contribution in [0.5, 0.6) is 0 Å². The molecule has 0 fully saturated rings. The van der Waals surface area contributed by atoms with E-state index in [-0.39, 0.29) is 5.92 Å². The third-order valence-corrected chi connectivity index (χ3v) is 3.94. The molecule has 1 aromatic rings. The molecule has 0 aromatic heterocycles. The van der Waals surface area contributed by atoms with E-state index in [0.717, 1.165) is 25.0 Å². The summed E-state index contributed by atoms with van der Waals surface area (Å²) in [4.78, 5) is 11.7. The quantitative estimate of drug-likeness (QED) is 0.897. The first kappa shape index (κ1) is 14.6. The van der Waals surface area contributed by atoms with Gasteiger partial charge in [-0.3, -0.25) is 0 Å². The van der Waals surface area contributed by atoms with Crippen LogP contribution in [0.2, 0.25) is 0 Å². The Morgan fingerprint density at radius 1 is 1.35 bits per heavy atom. The number of hydrazone groups is 1. The van der Waals surface area contributed by atoms with Gasteiger partial charge in [0.2, 0.25) is 0 Å². The molecule has 108 valence electrons. The van der Waals surface area contributed by atoms with Crippen molar-refractivity contribution in [3.8, 4) is 0 Å². The number of hydrogen-bond acceptors (Lipinski definition) is 2.